The van der Waals surface area contributed by atoms with Crippen LogP contribution in [-0.4, -0.2) is 61.0 Å². The summed E-state index contributed by atoms with van der Waals surface area (Å²) < 4.78 is 36.8. The molecule has 1 fully saturated rings. The molecule has 28 heavy (non-hydrogen) atoms. The predicted octanol–water partition coefficient (Wildman–Crippen LogP) is 2.08. The molecule has 1 aromatic carbocycles. The molecule has 0 bridgehead atoms. The van der Waals surface area contributed by atoms with Crippen molar-refractivity contribution in [1.29, 1.82) is 0 Å². The number of aromatic nitrogens is 1. The molecule has 2 aromatic rings. The van der Waals surface area contributed by atoms with Gasteiger partial charge in [0.15, 0.2) is 6.10 Å². The van der Waals surface area contributed by atoms with Crippen LogP contribution < -0.4 is 4.74 Å². The summed E-state index contributed by atoms with van der Waals surface area (Å²) in [4.78, 5) is 14.3. The van der Waals surface area contributed by atoms with Crippen molar-refractivity contribution in [2.45, 2.75) is 25.7 Å². The number of hydrogen-bond acceptors (Lipinski definition) is 6. The number of nitrogens with zero attached hydrogens (tertiary/aromatic N) is 3. The maximum absolute atomic E-state index is 12.7. The molecular weight excluding hydrogens is 406 g/mol. The number of halogens is 1. The Morgan fingerprint density at radius 1 is 1.29 bits per heavy atom. The van der Waals surface area contributed by atoms with Crippen LogP contribution >= 0.6 is 11.6 Å². The van der Waals surface area contributed by atoms with Gasteiger partial charge in [-0.3, -0.25) is 4.79 Å². The maximum atomic E-state index is 12.7. The molecule has 1 aliphatic rings. The van der Waals surface area contributed by atoms with E-state index in [1.165, 1.54) is 16.6 Å². The van der Waals surface area contributed by atoms with E-state index >= 15 is 0 Å². The number of sulfonamides is 1. The molecule has 0 unspecified atom stereocenters. The lowest BCUT2D eigenvalue weighted by Gasteiger charge is -2.35. The van der Waals surface area contributed by atoms with E-state index < -0.39 is 16.1 Å². The molecule has 8 nitrogen and oxygen atoms in total. The first-order valence-corrected chi connectivity index (χ1v) is 10.8. The van der Waals surface area contributed by atoms with E-state index in [-0.39, 0.29) is 24.7 Å². The minimum absolute atomic E-state index is 0.178. The first-order chi connectivity index (χ1) is 13.3. The van der Waals surface area contributed by atoms with E-state index in [2.05, 4.69) is 9.68 Å². The smallest absolute Gasteiger partial charge is 0.263 e. The number of hydrogen-bond donors (Lipinski definition) is 0. The van der Waals surface area contributed by atoms with Gasteiger partial charge in [0.05, 0.1) is 5.69 Å². The summed E-state index contributed by atoms with van der Waals surface area (Å²) in [6.45, 7) is 4.63. The van der Waals surface area contributed by atoms with Crippen LogP contribution in [0.5, 0.6) is 5.75 Å². The molecule has 0 N–H and O–H groups in total. The lowest BCUT2D eigenvalue weighted by atomic mass is 10.2. The molecule has 1 aromatic heterocycles. The second-order valence-corrected chi connectivity index (χ2v) is 9.05. The number of carbonyl (C=O) groups is 1. The second kappa shape index (κ2) is 8.50. The van der Waals surface area contributed by atoms with Gasteiger partial charge < -0.3 is 14.2 Å². The third-order valence-electron chi connectivity index (χ3n) is 4.55. The molecule has 1 amide bonds. The van der Waals surface area contributed by atoms with E-state index in [4.69, 9.17) is 16.3 Å². The van der Waals surface area contributed by atoms with E-state index in [0.717, 1.165) is 5.56 Å². The summed E-state index contributed by atoms with van der Waals surface area (Å²) >= 11 is 5.94. The number of aryl methyl sites for hydroxylation is 1. The summed E-state index contributed by atoms with van der Waals surface area (Å²) in [6.07, 6.45) is 0.656. The van der Waals surface area contributed by atoms with Crippen LogP contribution in [0.1, 0.15) is 18.2 Å². The number of piperazine rings is 1. The molecule has 1 aliphatic heterocycles. The molecule has 0 saturated carbocycles. The molecule has 0 radical (unpaired) electrons. The van der Waals surface area contributed by atoms with Gasteiger partial charge >= 0.3 is 0 Å². The topological polar surface area (TPSA) is 93.0 Å². The SMILES string of the molecule is Cc1cc(Cl)ccc1O[C@@H](C)C(=O)N1CCN(S(=O)(=O)Cc2ccon2)CC1. The van der Waals surface area contributed by atoms with E-state index in [1.54, 1.807) is 30.0 Å². The van der Waals surface area contributed by atoms with Crippen molar-refractivity contribution < 1.29 is 22.5 Å². The molecule has 2 heterocycles. The molecule has 0 spiro atoms. The van der Waals surface area contributed by atoms with Gasteiger partial charge in [0.1, 0.15) is 17.8 Å². The van der Waals surface area contributed by atoms with Crippen molar-refractivity contribution in [3.63, 3.8) is 0 Å². The largest absolute Gasteiger partial charge is 0.481 e. The van der Waals surface area contributed by atoms with Crippen molar-refractivity contribution >= 4 is 27.5 Å². The Kier molecular flexibility index (Phi) is 6.26. The van der Waals surface area contributed by atoms with Gasteiger partial charge in [-0.1, -0.05) is 16.8 Å². The van der Waals surface area contributed by atoms with Crippen LogP contribution in [0.4, 0.5) is 0 Å². The fourth-order valence-electron chi connectivity index (χ4n) is 3.02. The van der Waals surface area contributed by atoms with Crippen molar-refractivity contribution in [2.75, 3.05) is 26.2 Å². The van der Waals surface area contributed by atoms with Crippen LogP contribution in [0.15, 0.2) is 35.1 Å². The Labute approximate surface area is 169 Å². The predicted molar refractivity (Wildman–Crippen MR) is 104 cm³/mol. The number of carbonyl (C=O) groups excluding carboxylic acids is 1. The summed E-state index contributed by atoms with van der Waals surface area (Å²) in [5, 5.41) is 4.25. The highest BCUT2D eigenvalue weighted by atomic mass is 35.5. The Bertz CT molecular complexity index is 925. The van der Waals surface area contributed by atoms with Crippen molar-refractivity contribution in [2.24, 2.45) is 0 Å². The summed E-state index contributed by atoms with van der Waals surface area (Å²) in [5.74, 6) is 0.203. The van der Waals surface area contributed by atoms with Crippen LogP contribution in [-0.2, 0) is 20.6 Å². The fraction of sp³-hybridized carbons (Fsp3) is 0.444. The molecule has 10 heteroatoms. The zero-order valence-electron chi connectivity index (χ0n) is 15.7. The van der Waals surface area contributed by atoms with Crippen LogP contribution in [0.3, 0.4) is 0 Å². The van der Waals surface area contributed by atoms with Crippen LogP contribution in [0.25, 0.3) is 0 Å². The van der Waals surface area contributed by atoms with Crippen molar-refractivity contribution in [3.05, 3.63) is 46.8 Å². The molecule has 1 saturated heterocycles. The summed E-state index contributed by atoms with van der Waals surface area (Å²) in [6, 6.07) is 6.73. The highest BCUT2D eigenvalue weighted by Gasteiger charge is 2.31. The Hall–Kier alpha value is -2.10. The van der Waals surface area contributed by atoms with Crippen LogP contribution in [0.2, 0.25) is 5.02 Å². The number of benzene rings is 1. The van der Waals surface area contributed by atoms with Gasteiger partial charge in [-0.2, -0.15) is 4.31 Å². The second-order valence-electron chi connectivity index (χ2n) is 6.64. The molecule has 1 atom stereocenters. The lowest BCUT2D eigenvalue weighted by molar-refractivity contribution is -0.139. The highest BCUT2D eigenvalue weighted by molar-refractivity contribution is 7.88. The van der Waals surface area contributed by atoms with E-state index in [0.29, 0.717) is 29.6 Å². The zero-order chi connectivity index (χ0) is 20.3. The fourth-order valence-corrected chi connectivity index (χ4v) is 4.67. The number of rotatable bonds is 6. The number of amides is 1. The van der Waals surface area contributed by atoms with Gasteiger partial charge in [-0.05, 0) is 37.6 Å². The van der Waals surface area contributed by atoms with Crippen LogP contribution in [0, 0.1) is 6.92 Å². The first-order valence-electron chi connectivity index (χ1n) is 8.85. The maximum Gasteiger partial charge on any atom is 0.263 e. The summed E-state index contributed by atoms with van der Waals surface area (Å²) in [5.41, 5.74) is 1.20. The third kappa shape index (κ3) is 4.84. The zero-order valence-corrected chi connectivity index (χ0v) is 17.2. The Morgan fingerprint density at radius 2 is 2.00 bits per heavy atom. The van der Waals surface area contributed by atoms with Gasteiger partial charge in [0.25, 0.3) is 5.91 Å². The van der Waals surface area contributed by atoms with E-state index in [9.17, 15) is 13.2 Å². The van der Waals surface area contributed by atoms with Crippen molar-refractivity contribution in [1.82, 2.24) is 14.4 Å². The minimum atomic E-state index is -3.50. The average Bonchev–Trinajstić information content (AvgIpc) is 3.15. The normalized spacial score (nSPS) is 16.8. The molecule has 3 rings (SSSR count). The van der Waals surface area contributed by atoms with Crippen molar-refractivity contribution in [3.8, 4) is 5.75 Å². The minimum Gasteiger partial charge on any atom is -0.481 e. The standard InChI is InChI=1S/C18H22ClN3O5S/c1-13-11-15(19)3-4-17(13)27-14(2)18(23)21-6-8-22(9-7-21)28(24,25)12-16-5-10-26-20-16/h3-5,10-11,14H,6-9,12H2,1-2H3/t14-/m0/s1. The first kappa shape index (κ1) is 20.6. The number of ether oxygens (including phenoxy) is 1. The quantitative estimate of drug-likeness (QED) is 0.700. The van der Waals surface area contributed by atoms with Gasteiger partial charge in [0, 0.05) is 37.3 Å². The Balaban J connectivity index is 1.55. The van der Waals surface area contributed by atoms with E-state index in [1.807, 2.05) is 6.92 Å². The van der Waals surface area contributed by atoms with Gasteiger partial charge in [0.2, 0.25) is 10.0 Å². The monoisotopic (exact) mass is 427 g/mol. The van der Waals surface area contributed by atoms with Gasteiger partial charge in [-0.15, -0.1) is 0 Å². The average molecular weight is 428 g/mol. The Morgan fingerprint density at radius 3 is 2.61 bits per heavy atom. The molecular formula is C18H22ClN3O5S. The highest BCUT2D eigenvalue weighted by Crippen LogP contribution is 2.23. The summed E-state index contributed by atoms with van der Waals surface area (Å²) in [7, 11) is -3.50. The third-order valence-corrected chi connectivity index (χ3v) is 6.60. The van der Waals surface area contributed by atoms with Gasteiger partial charge in [-0.25, -0.2) is 8.42 Å². The molecule has 152 valence electrons. The lowest BCUT2D eigenvalue weighted by Crippen LogP contribution is -2.53. The molecule has 0 aliphatic carbocycles.